The molecule has 4 aromatic rings. The molecule has 0 bridgehead atoms. The van der Waals surface area contributed by atoms with Crippen LogP contribution in [0.3, 0.4) is 0 Å². The summed E-state index contributed by atoms with van der Waals surface area (Å²) in [5.41, 5.74) is 3.98. The predicted octanol–water partition coefficient (Wildman–Crippen LogP) is 6.91. The highest BCUT2D eigenvalue weighted by atomic mass is 35.5. The maximum absolute atomic E-state index is 5.94. The quantitative estimate of drug-likeness (QED) is 0.381. The number of hydrogen-bond acceptors (Lipinski definition) is 4. The summed E-state index contributed by atoms with van der Waals surface area (Å²) in [7, 11) is 0. The van der Waals surface area contributed by atoms with Gasteiger partial charge in [-0.05, 0) is 24.3 Å². The molecule has 2 aromatic carbocycles. The Balaban J connectivity index is 1.63. The molecule has 0 fully saturated rings. The van der Waals surface area contributed by atoms with Crippen molar-refractivity contribution in [1.82, 2.24) is 9.97 Å². The topological polar surface area (TPSA) is 25.8 Å². The van der Waals surface area contributed by atoms with E-state index in [0.717, 1.165) is 42.6 Å². The summed E-state index contributed by atoms with van der Waals surface area (Å²) in [6.07, 6.45) is 0. The van der Waals surface area contributed by atoms with E-state index in [1.807, 2.05) is 59.3 Å². The summed E-state index contributed by atoms with van der Waals surface area (Å²) in [6, 6.07) is 15.4. The molecule has 0 saturated carbocycles. The fourth-order valence-electron chi connectivity index (χ4n) is 2.25. The van der Waals surface area contributed by atoms with Gasteiger partial charge in [-0.2, -0.15) is 0 Å². The van der Waals surface area contributed by atoms with Crippen molar-refractivity contribution in [3.05, 3.63) is 69.3 Å². The molecule has 0 radical (unpaired) electrons. The smallest absolute Gasteiger partial charge is 0.152 e. The Morgan fingerprint density at radius 3 is 1.33 bits per heavy atom. The van der Waals surface area contributed by atoms with Crippen molar-refractivity contribution in [1.29, 1.82) is 0 Å². The van der Waals surface area contributed by atoms with E-state index in [-0.39, 0.29) is 0 Å². The molecule has 0 saturated heterocycles. The molecular formula is C18H10Cl2N2S2. The third-order valence-electron chi connectivity index (χ3n) is 3.47. The van der Waals surface area contributed by atoms with E-state index in [1.165, 1.54) is 0 Å². The monoisotopic (exact) mass is 388 g/mol. The molecule has 0 atom stereocenters. The van der Waals surface area contributed by atoms with Gasteiger partial charge in [-0.25, -0.2) is 9.97 Å². The Bertz CT molecular complexity index is 891. The Hall–Kier alpha value is -1.72. The summed E-state index contributed by atoms with van der Waals surface area (Å²) >= 11 is 15.1. The van der Waals surface area contributed by atoms with E-state index >= 15 is 0 Å². The number of hydrogen-bond donors (Lipinski definition) is 0. The number of thiazole rings is 2. The van der Waals surface area contributed by atoms with Crippen LogP contribution in [0.25, 0.3) is 32.5 Å². The van der Waals surface area contributed by atoms with Crippen LogP contribution >= 0.6 is 45.9 Å². The maximum atomic E-state index is 5.94. The molecule has 2 nitrogen and oxygen atoms in total. The van der Waals surface area contributed by atoms with Crippen LogP contribution in [0, 0.1) is 0 Å². The van der Waals surface area contributed by atoms with Crippen molar-refractivity contribution in [2.45, 2.75) is 0 Å². The molecule has 118 valence electrons. The zero-order valence-electron chi connectivity index (χ0n) is 12.2. The first-order valence-corrected chi connectivity index (χ1v) is 9.64. The normalized spacial score (nSPS) is 10.9. The minimum absolute atomic E-state index is 0.724. The SMILES string of the molecule is Clc1ccc(-c2csc(-c3nc(-c4ccc(Cl)cc4)cs3)n2)cc1. The molecule has 0 N–H and O–H groups in total. The van der Waals surface area contributed by atoms with Crippen molar-refractivity contribution in [2.24, 2.45) is 0 Å². The summed E-state index contributed by atoms with van der Waals surface area (Å²) < 4.78 is 0. The summed E-state index contributed by atoms with van der Waals surface area (Å²) in [4.78, 5) is 9.41. The molecule has 24 heavy (non-hydrogen) atoms. The first-order chi connectivity index (χ1) is 11.7. The number of halogens is 2. The largest absolute Gasteiger partial charge is 0.233 e. The predicted molar refractivity (Wildman–Crippen MR) is 104 cm³/mol. The van der Waals surface area contributed by atoms with E-state index in [2.05, 4.69) is 0 Å². The van der Waals surface area contributed by atoms with E-state index in [0.29, 0.717) is 0 Å². The van der Waals surface area contributed by atoms with Crippen molar-refractivity contribution >= 4 is 45.9 Å². The van der Waals surface area contributed by atoms with E-state index < -0.39 is 0 Å². The van der Waals surface area contributed by atoms with Crippen molar-refractivity contribution in [2.75, 3.05) is 0 Å². The van der Waals surface area contributed by atoms with Crippen LogP contribution in [0.1, 0.15) is 0 Å². The molecule has 2 heterocycles. The summed E-state index contributed by atoms with van der Waals surface area (Å²) in [6.45, 7) is 0. The zero-order valence-corrected chi connectivity index (χ0v) is 15.4. The third-order valence-corrected chi connectivity index (χ3v) is 5.80. The zero-order chi connectivity index (χ0) is 16.5. The van der Waals surface area contributed by atoms with Crippen LogP contribution in [-0.2, 0) is 0 Å². The maximum Gasteiger partial charge on any atom is 0.152 e. The Labute approximate surface area is 157 Å². The van der Waals surface area contributed by atoms with Crippen LogP contribution in [0.15, 0.2) is 59.3 Å². The highest BCUT2D eigenvalue weighted by Crippen LogP contribution is 2.33. The van der Waals surface area contributed by atoms with Crippen LogP contribution in [-0.4, -0.2) is 9.97 Å². The summed E-state index contributed by atoms with van der Waals surface area (Å²) in [5.74, 6) is 0. The van der Waals surface area contributed by atoms with Crippen LogP contribution < -0.4 is 0 Å². The molecular weight excluding hydrogens is 379 g/mol. The lowest BCUT2D eigenvalue weighted by molar-refractivity contribution is 1.35. The number of rotatable bonds is 3. The van der Waals surface area contributed by atoms with E-state index in [9.17, 15) is 0 Å². The van der Waals surface area contributed by atoms with Gasteiger partial charge in [-0.15, -0.1) is 22.7 Å². The van der Waals surface area contributed by atoms with Crippen molar-refractivity contribution in [3.63, 3.8) is 0 Å². The van der Waals surface area contributed by atoms with Crippen LogP contribution in [0.2, 0.25) is 10.0 Å². The van der Waals surface area contributed by atoms with Gasteiger partial charge in [0.15, 0.2) is 10.0 Å². The van der Waals surface area contributed by atoms with Crippen molar-refractivity contribution < 1.29 is 0 Å². The Morgan fingerprint density at radius 1 is 0.583 bits per heavy atom. The first kappa shape index (κ1) is 15.8. The Morgan fingerprint density at radius 2 is 0.958 bits per heavy atom. The Kier molecular flexibility index (Phi) is 4.37. The minimum atomic E-state index is 0.724. The lowest BCUT2D eigenvalue weighted by Gasteiger charge is -1.96. The fourth-order valence-corrected chi connectivity index (χ4v) is 4.21. The molecule has 0 aliphatic rings. The molecule has 6 heteroatoms. The van der Waals surface area contributed by atoms with Gasteiger partial charge in [-0.3, -0.25) is 0 Å². The van der Waals surface area contributed by atoms with Gasteiger partial charge in [0.1, 0.15) is 0 Å². The van der Waals surface area contributed by atoms with Gasteiger partial charge in [0.05, 0.1) is 11.4 Å². The fraction of sp³-hybridized carbons (Fsp3) is 0. The average molecular weight is 389 g/mol. The number of nitrogens with zero attached hydrogens (tertiary/aromatic N) is 2. The van der Waals surface area contributed by atoms with Gasteiger partial charge in [0.2, 0.25) is 0 Å². The van der Waals surface area contributed by atoms with Gasteiger partial charge in [0, 0.05) is 31.9 Å². The number of benzene rings is 2. The third kappa shape index (κ3) is 3.23. The van der Waals surface area contributed by atoms with Gasteiger partial charge in [0.25, 0.3) is 0 Å². The second-order valence-corrected chi connectivity index (χ2v) is 7.68. The molecule has 0 aliphatic heterocycles. The molecule has 0 aliphatic carbocycles. The molecule has 0 unspecified atom stereocenters. The number of aromatic nitrogens is 2. The first-order valence-electron chi connectivity index (χ1n) is 7.12. The molecule has 4 rings (SSSR count). The lowest BCUT2D eigenvalue weighted by Crippen LogP contribution is -1.80. The summed E-state index contributed by atoms with van der Waals surface area (Å²) in [5, 5.41) is 7.38. The highest BCUT2D eigenvalue weighted by molar-refractivity contribution is 7.20. The van der Waals surface area contributed by atoms with Gasteiger partial charge < -0.3 is 0 Å². The highest BCUT2D eigenvalue weighted by Gasteiger charge is 2.11. The second kappa shape index (κ2) is 6.65. The minimum Gasteiger partial charge on any atom is -0.233 e. The van der Waals surface area contributed by atoms with Gasteiger partial charge >= 0.3 is 0 Å². The molecule has 0 amide bonds. The standard InChI is InChI=1S/C18H10Cl2N2S2/c19-13-5-1-11(2-6-13)15-9-23-17(21-15)18-22-16(10-24-18)12-3-7-14(20)8-4-12/h1-10H. The van der Waals surface area contributed by atoms with Gasteiger partial charge in [-0.1, -0.05) is 47.5 Å². The lowest BCUT2D eigenvalue weighted by atomic mass is 10.2. The second-order valence-electron chi connectivity index (χ2n) is 5.09. The van der Waals surface area contributed by atoms with E-state index in [4.69, 9.17) is 33.2 Å². The van der Waals surface area contributed by atoms with E-state index in [1.54, 1.807) is 22.7 Å². The average Bonchev–Trinajstić information content (AvgIpc) is 3.25. The van der Waals surface area contributed by atoms with Crippen LogP contribution in [0.4, 0.5) is 0 Å². The molecule has 0 spiro atoms. The van der Waals surface area contributed by atoms with Crippen molar-refractivity contribution in [3.8, 4) is 32.5 Å². The van der Waals surface area contributed by atoms with Crippen LogP contribution in [0.5, 0.6) is 0 Å². The molecule has 2 aromatic heterocycles.